The Morgan fingerprint density at radius 1 is 1.10 bits per heavy atom. The van der Waals surface area contributed by atoms with Gasteiger partial charge < -0.3 is 5.32 Å². The van der Waals surface area contributed by atoms with Crippen LogP contribution in [0.15, 0.2) is 24.3 Å². The Balaban J connectivity index is 1.91. The van der Waals surface area contributed by atoms with Crippen LogP contribution in [-0.2, 0) is 11.3 Å². The molecule has 110 valence electrons. The fourth-order valence-corrected chi connectivity index (χ4v) is 2.27. The van der Waals surface area contributed by atoms with Gasteiger partial charge in [-0.25, -0.2) is 0 Å². The van der Waals surface area contributed by atoms with Crippen molar-refractivity contribution in [3.8, 4) is 0 Å². The Labute approximate surface area is 115 Å². The molecule has 0 radical (unpaired) electrons. The van der Waals surface area contributed by atoms with Crippen LogP contribution in [0.5, 0.6) is 0 Å². The molecule has 1 saturated heterocycles. The van der Waals surface area contributed by atoms with E-state index in [0.717, 1.165) is 25.2 Å². The third-order valence-corrected chi connectivity index (χ3v) is 3.32. The van der Waals surface area contributed by atoms with Crippen molar-refractivity contribution in [1.29, 1.82) is 0 Å². The first-order valence-electron chi connectivity index (χ1n) is 6.64. The van der Waals surface area contributed by atoms with Crippen LogP contribution in [-0.4, -0.2) is 30.1 Å². The number of piperidine rings is 1. The maximum Gasteiger partial charge on any atom is 0.471 e. The quantitative estimate of drug-likeness (QED) is 0.925. The van der Waals surface area contributed by atoms with Gasteiger partial charge in [0.1, 0.15) is 0 Å². The number of amides is 1. The first-order valence-corrected chi connectivity index (χ1v) is 6.64. The summed E-state index contributed by atoms with van der Waals surface area (Å²) in [5.41, 5.74) is 1.20. The standard InChI is InChI=1S/C14H17F3N2O/c15-14(16,17)13(20)18-12-6-4-11(5-7-12)10-19-8-2-1-3-9-19/h4-7H,1-3,8-10H2,(H,18,20). The third kappa shape index (κ3) is 4.23. The second-order valence-electron chi connectivity index (χ2n) is 4.99. The van der Waals surface area contributed by atoms with Crippen molar-refractivity contribution in [1.82, 2.24) is 4.90 Å². The van der Waals surface area contributed by atoms with Crippen molar-refractivity contribution in [3.63, 3.8) is 0 Å². The number of alkyl halides is 3. The Morgan fingerprint density at radius 2 is 1.70 bits per heavy atom. The molecule has 0 unspecified atom stereocenters. The Hall–Kier alpha value is -1.56. The Kier molecular flexibility index (Phi) is 4.65. The van der Waals surface area contributed by atoms with E-state index in [-0.39, 0.29) is 5.69 Å². The van der Waals surface area contributed by atoms with Crippen molar-refractivity contribution >= 4 is 11.6 Å². The molecule has 1 aliphatic heterocycles. The molecule has 1 aromatic carbocycles. The summed E-state index contributed by atoms with van der Waals surface area (Å²) in [6.07, 6.45) is -1.20. The van der Waals surface area contributed by atoms with Crippen LogP contribution in [0.2, 0.25) is 0 Å². The molecule has 1 fully saturated rings. The minimum absolute atomic E-state index is 0.162. The summed E-state index contributed by atoms with van der Waals surface area (Å²) in [6.45, 7) is 2.92. The molecule has 1 aromatic rings. The van der Waals surface area contributed by atoms with E-state index in [0.29, 0.717) is 0 Å². The number of rotatable bonds is 3. The SMILES string of the molecule is O=C(Nc1ccc(CN2CCCCC2)cc1)C(F)(F)F. The number of halogens is 3. The topological polar surface area (TPSA) is 32.3 Å². The highest BCUT2D eigenvalue weighted by Gasteiger charge is 2.38. The normalized spacial score (nSPS) is 16.9. The molecule has 1 aliphatic rings. The number of likely N-dealkylation sites (tertiary alicyclic amines) is 1. The number of hydrogen-bond donors (Lipinski definition) is 1. The molecule has 1 heterocycles. The van der Waals surface area contributed by atoms with Gasteiger partial charge in [-0.2, -0.15) is 13.2 Å². The fraction of sp³-hybridized carbons (Fsp3) is 0.500. The van der Waals surface area contributed by atoms with Crippen molar-refractivity contribution in [3.05, 3.63) is 29.8 Å². The maximum atomic E-state index is 12.1. The summed E-state index contributed by atoms with van der Waals surface area (Å²) >= 11 is 0. The van der Waals surface area contributed by atoms with Crippen LogP contribution >= 0.6 is 0 Å². The number of hydrogen-bond acceptors (Lipinski definition) is 2. The Bertz CT molecular complexity index is 450. The van der Waals surface area contributed by atoms with Crippen LogP contribution in [0.4, 0.5) is 18.9 Å². The molecule has 0 aromatic heterocycles. The number of anilines is 1. The number of nitrogens with one attached hydrogen (secondary N) is 1. The number of nitrogens with zero attached hydrogens (tertiary/aromatic N) is 1. The highest BCUT2D eigenvalue weighted by atomic mass is 19.4. The van der Waals surface area contributed by atoms with Crippen LogP contribution in [0.25, 0.3) is 0 Å². The summed E-state index contributed by atoms with van der Waals surface area (Å²) in [5, 5.41) is 1.84. The molecule has 0 spiro atoms. The van der Waals surface area contributed by atoms with Gasteiger partial charge in [0, 0.05) is 12.2 Å². The lowest BCUT2D eigenvalue weighted by Gasteiger charge is -2.26. The predicted molar refractivity (Wildman–Crippen MR) is 70.3 cm³/mol. The summed E-state index contributed by atoms with van der Waals surface area (Å²) < 4.78 is 36.3. The van der Waals surface area contributed by atoms with Gasteiger partial charge in [0.15, 0.2) is 0 Å². The van der Waals surface area contributed by atoms with E-state index in [4.69, 9.17) is 0 Å². The zero-order valence-corrected chi connectivity index (χ0v) is 11.0. The summed E-state index contributed by atoms with van der Waals surface area (Å²) in [5.74, 6) is -1.94. The molecular formula is C14H17F3N2O. The second kappa shape index (κ2) is 6.26. The molecule has 0 bridgehead atoms. The van der Waals surface area contributed by atoms with Gasteiger partial charge in [0.25, 0.3) is 0 Å². The summed E-state index contributed by atoms with van der Waals surface area (Å²) in [7, 11) is 0. The van der Waals surface area contributed by atoms with E-state index in [9.17, 15) is 18.0 Å². The van der Waals surface area contributed by atoms with Crippen LogP contribution in [0, 0.1) is 0 Å². The zero-order valence-electron chi connectivity index (χ0n) is 11.0. The van der Waals surface area contributed by atoms with E-state index in [2.05, 4.69) is 4.90 Å². The highest BCUT2D eigenvalue weighted by Crippen LogP contribution is 2.19. The average Bonchev–Trinajstić information content (AvgIpc) is 2.41. The molecule has 3 nitrogen and oxygen atoms in total. The fourth-order valence-electron chi connectivity index (χ4n) is 2.27. The smallest absolute Gasteiger partial charge is 0.318 e. The zero-order chi connectivity index (χ0) is 14.6. The summed E-state index contributed by atoms with van der Waals surface area (Å²) in [4.78, 5) is 13.1. The van der Waals surface area contributed by atoms with E-state index >= 15 is 0 Å². The van der Waals surface area contributed by atoms with Crippen molar-refractivity contribution < 1.29 is 18.0 Å². The van der Waals surface area contributed by atoms with E-state index in [1.54, 1.807) is 12.1 Å². The maximum absolute atomic E-state index is 12.1. The van der Waals surface area contributed by atoms with Gasteiger partial charge in [-0.15, -0.1) is 0 Å². The lowest BCUT2D eigenvalue weighted by molar-refractivity contribution is -0.167. The van der Waals surface area contributed by atoms with E-state index < -0.39 is 12.1 Å². The van der Waals surface area contributed by atoms with Gasteiger partial charge in [-0.3, -0.25) is 9.69 Å². The van der Waals surface area contributed by atoms with Crippen molar-refractivity contribution in [2.75, 3.05) is 18.4 Å². The second-order valence-corrected chi connectivity index (χ2v) is 4.99. The molecule has 0 aliphatic carbocycles. The molecule has 20 heavy (non-hydrogen) atoms. The largest absolute Gasteiger partial charge is 0.471 e. The molecular weight excluding hydrogens is 269 g/mol. The highest BCUT2D eigenvalue weighted by molar-refractivity contribution is 5.94. The predicted octanol–water partition coefficient (Wildman–Crippen LogP) is 3.17. The molecule has 0 saturated carbocycles. The van der Waals surface area contributed by atoms with Gasteiger partial charge in [-0.05, 0) is 43.6 Å². The molecule has 1 N–H and O–H groups in total. The molecule has 6 heteroatoms. The minimum Gasteiger partial charge on any atom is -0.318 e. The minimum atomic E-state index is -4.85. The first kappa shape index (κ1) is 14.8. The van der Waals surface area contributed by atoms with Gasteiger partial charge in [0.2, 0.25) is 0 Å². The molecule has 0 atom stereocenters. The third-order valence-electron chi connectivity index (χ3n) is 3.32. The lowest BCUT2D eigenvalue weighted by atomic mass is 10.1. The number of carbonyl (C=O) groups is 1. The van der Waals surface area contributed by atoms with Gasteiger partial charge in [-0.1, -0.05) is 18.6 Å². The van der Waals surface area contributed by atoms with Crippen molar-refractivity contribution in [2.24, 2.45) is 0 Å². The molecule has 2 rings (SSSR count). The van der Waals surface area contributed by atoms with Crippen LogP contribution < -0.4 is 5.32 Å². The monoisotopic (exact) mass is 286 g/mol. The van der Waals surface area contributed by atoms with Crippen LogP contribution in [0.1, 0.15) is 24.8 Å². The molecule has 1 amide bonds. The summed E-state index contributed by atoms with van der Waals surface area (Å²) in [6, 6.07) is 6.51. The first-order chi connectivity index (χ1) is 9.45. The van der Waals surface area contributed by atoms with Gasteiger partial charge in [0.05, 0.1) is 0 Å². The lowest BCUT2D eigenvalue weighted by Crippen LogP contribution is -2.30. The number of benzene rings is 1. The average molecular weight is 286 g/mol. The van der Waals surface area contributed by atoms with Crippen molar-refractivity contribution in [2.45, 2.75) is 32.0 Å². The number of carbonyl (C=O) groups excluding carboxylic acids is 1. The van der Waals surface area contributed by atoms with Crippen LogP contribution in [0.3, 0.4) is 0 Å². The van der Waals surface area contributed by atoms with Gasteiger partial charge >= 0.3 is 12.1 Å². The van der Waals surface area contributed by atoms with E-state index in [1.807, 2.05) is 5.32 Å². The Morgan fingerprint density at radius 3 is 2.25 bits per heavy atom. The van der Waals surface area contributed by atoms with E-state index in [1.165, 1.54) is 31.4 Å².